The highest BCUT2D eigenvalue weighted by atomic mass is 16.5. The molecule has 1 aliphatic carbocycles. The van der Waals surface area contributed by atoms with E-state index in [0.29, 0.717) is 0 Å². The molecule has 0 unspecified atom stereocenters. The predicted octanol–water partition coefficient (Wildman–Crippen LogP) is 2.90. The zero-order valence-corrected chi connectivity index (χ0v) is 10.3. The van der Waals surface area contributed by atoms with Crippen molar-refractivity contribution in [2.45, 2.75) is 37.5 Å². The van der Waals surface area contributed by atoms with Crippen LogP contribution < -0.4 is 5.73 Å². The van der Waals surface area contributed by atoms with Gasteiger partial charge in [-0.15, -0.1) is 0 Å². The lowest BCUT2D eigenvalue weighted by molar-refractivity contribution is 0.314. The molecule has 1 fully saturated rings. The summed E-state index contributed by atoms with van der Waals surface area (Å²) in [7, 11) is 0. The molecule has 0 radical (unpaired) electrons. The minimum absolute atomic E-state index is 0.110. The van der Waals surface area contributed by atoms with Crippen LogP contribution in [0.4, 0.5) is 6.01 Å². The Morgan fingerprint density at radius 1 is 1.06 bits per heavy atom. The number of anilines is 1. The molecule has 4 heteroatoms. The highest BCUT2D eigenvalue weighted by Gasteiger charge is 2.39. The molecule has 0 aliphatic heterocycles. The normalized spacial score (nSPS) is 18.7. The smallest absolute Gasteiger partial charge is 0.318 e. The molecule has 0 bridgehead atoms. The summed E-state index contributed by atoms with van der Waals surface area (Å²) in [5.74, 6) is 0.742. The average Bonchev–Trinajstić information content (AvgIpc) is 2.88. The molecule has 1 heterocycles. The highest BCUT2D eigenvalue weighted by Crippen LogP contribution is 2.43. The third-order valence-corrected chi connectivity index (χ3v) is 3.90. The second-order valence-electron chi connectivity index (χ2n) is 4.97. The first-order valence-corrected chi connectivity index (χ1v) is 6.46. The second-order valence-corrected chi connectivity index (χ2v) is 4.97. The number of benzene rings is 1. The molecule has 0 amide bonds. The van der Waals surface area contributed by atoms with Gasteiger partial charge in [0.05, 0.1) is 5.41 Å². The van der Waals surface area contributed by atoms with Crippen LogP contribution in [0.2, 0.25) is 0 Å². The summed E-state index contributed by atoms with van der Waals surface area (Å²) in [6.07, 6.45) is 5.81. The largest absolute Gasteiger partial charge is 0.351 e. The van der Waals surface area contributed by atoms with Crippen LogP contribution >= 0.6 is 0 Å². The Bertz CT molecular complexity index is 515. The summed E-state index contributed by atoms with van der Waals surface area (Å²) >= 11 is 0. The first-order valence-electron chi connectivity index (χ1n) is 6.46. The van der Waals surface area contributed by atoms with Crippen LogP contribution in [0.5, 0.6) is 0 Å². The number of nitrogen functional groups attached to an aromatic ring is 1. The van der Waals surface area contributed by atoms with E-state index < -0.39 is 0 Å². The van der Waals surface area contributed by atoms with Gasteiger partial charge in [0.15, 0.2) is 5.82 Å². The molecule has 1 aliphatic rings. The number of nitrogens with zero attached hydrogens (tertiary/aromatic N) is 2. The third kappa shape index (κ3) is 1.78. The van der Waals surface area contributed by atoms with Gasteiger partial charge < -0.3 is 10.3 Å². The van der Waals surface area contributed by atoms with Crippen molar-refractivity contribution >= 4 is 6.01 Å². The summed E-state index contributed by atoms with van der Waals surface area (Å²) in [5, 5.41) is 4.08. The van der Waals surface area contributed by atoms with Crippen molar-refractivity contribution in [2.75, 3.05) is 5.73 Å². The molecular formula is C14H17N3O. The number of nitrogens with two attached hydrogens (primary N) is 1. The molecule has 4 nitrogen and oxygen atoms in total. The SMILES string of the molecule is Nc1nc(C2(c3ccccc3)CCCCC2)no1. The standard InChI is InChI=1S/C14H17N3O/c15-13-16-12(17-18-13)14(9-5-2-6-10-14)11-7-3-1-4-8-11/h1,3-4,7-8H,2,5-6,9-10H2,(H2,15,16,17). The summed E-state index contributed by atoms with van der Waals surface area (Å²) in [4.78, 5) is 4.28. The topological polar surface area (TPSA) is 64.9 Å². The van der Waals surface area contributed by atoms with Gasteiger partial charge in [-0.3, -0.25) is 0 Å². The van der Waals surface area contributed by atoms with E-state index in [-0.39, 0.29) is 11.4 Å². The lowest BCUT2D eigenvalue weighted by atomic mass is 9.69. The van der Waals surface area contributed by atoms with Crippen LogP contribution in [0, 0.1) is 0 Å². The molecule has 1 aromatic carbocycles. The summed E-state index contributed by atoms with van der Waals surface area (Å²) in [5.41, 5.74) is 6.74. The van der Waals surface area contributed by atoms with Gasteiger partial charge in [0.1, 0.15) is 0 Å². The number of hydrogen-bond acceptors (Lipinski definition) is 4. The lowest BCUT2D eigenvalue weighted by Gasteiger charge is -2.34. The maximum absolute atomic E-state index is 5.58. The van der Waals surface area contributed by atoms with Gasteiger partial charge in [-0.25, -0.2) is 0 Å². The minimum atomic E-state index is -0.110. The zero-order valence-electron chi connectivity index (χ0n) is 10.3. The summed E-state index contributed by atoms with van der Waals surface area (Å²) in [6, 6.07) is 10.6. The Labute approximate surface area is 106 Å². The molecule has 2 N–H and O–H groups in total. The first kappa shape index (κ1) is 11.3. The molecule has 1 aromatic heterocycles. The van der Waals surface area contributed by atoms with E-state index in [1.165, 1.54) is 24.8 Å². The molecular weight excluding hydrogens is 226 g/mol. The van der Waals surface area contributed by atoms with Crippen LogP contribution in [-0.2, 0) is 5.41 Å². The minimum Gasteiger partial charge on any atom is -0.351 e. The quantitative estimate of drug-likeness (QED) is 0.880. The molecule has 2 aromatic rings. The van der Waals surface area contributed by atoms with E-state index in [0.717, 1.165) is 18.7 Å². The molecule has 0 saturated heterocycles. The Hall–Kier alpha value is -1.84. The summed E-state index contributed by atoms with van der Waals surface area (Å²) < 4.78 is 4.98. The monoisotopic (exact) mass is 243 g/mol. The Morgan fingerprint density at radius 3 is 2.39 bits per heavy atom. The van der Waals surface area contributed by atoms with Crippen molar-refractivity contribution in [3.8, 4) is 0 Å². The molecule has 3 rings (SSSR count). The molecule has 18 heavy (non-hydrogen) atoms. The van der Waals surface area contributed by atoms with Crippen LogP contribution in [0.15, 0.2) is 34.9 Å². The van der Waals surface area contributed by atoms with Gasteiger partial charge in [0.2, 0.25) is 0 Å². The van der Waals surface area contributed by atoms with Crippen LogP contribution in [0.25, 0.3) is 0 Å². The lowest BCUT2D eigenvalue weighted by Crippen LogP contribution is -2.31. The van der Waals surface area contributed by atoms with Gasteiger partial charge in [0.25, 0.3) is 0 Å². The Kier molecular flexibility index (Phi) is 2.78. The number of hydrogen-bond donors (Lipinski definition) is 1. The number of rotatable bonds is 2. The van der Waals surface area contributed by atoms with E-state index in [1.54, 1.807) is 0 Å². The first-order chi connectivity index (χ1) is 8.81. The van der Waals surface area contributed by atoms with Crippen molar-refractivity contribution in [1.82, 2.24) is 10.1 Å². The van der Waals surface area contributed by atoms with Crippen LogP contribution in [0.1, 0.15) is 43.5 Å². The van der Waals surface area contributed by atoms with Crippen molar-refractivity contribution < 1.29 is 4.52 Å². The fourth-order valence-electron chi connectivity index (χ4n) is 2.98. The molecule has 1 saturated carbocycles. The Balaban J connectivity index is 2.09. The van der Waals surface area contributed by atoms with E-state index >= 15 is 0 Å². The Morgan fingerprint density at radius 2 is 1.78 bits per heavy atom. The number of aromatic nitrogens is 2. The maximum Gasteiger partial charge on any atom is 0.318 e. The average molecular weight is 243 g/mol. The van der Waals surface area contributed by atoms with Crippen LogP contribution in [0.3, 0.4) is 0 Å². The van der Waals surface area contributed by atoms with E-state index in [4.69, 9.17) is 10.3 Å². The van der Waals surface area contributed by atoms with E-state index in [1.807, 2.05) is 6.07 Å². The zero-order chi connectivity index (χ0) is 12.4. The second kappa shape index (κ2) is 4.44. The summed E-state index contributed by atoms with van der Waals surface area (Å²) in [6.45, 7) is 0. The van der Waals surface area contributed by atoms with Crippen molar-refractivity contribution in [3.63, 3.8) is 0 Å². The fraction of sp³-hybridized carbons (Fsp3) is 0.429. The molecule has 0 atom stereocenters. The van der Waals surface area contributed by atoms with Crippen molar-refractivity contribution in [1.29, 1.82) is 0 Å². The highest BCUT2D eigenvalue weighted by molar-refractivity contribution is 5.34. The van der Waals surface area contributed by atoms with Gasteiger partial charge in [-0.2, -0.15) is 4.98 Å². The molecule has 94 valence electrons. The van der Waals surface area contributed by atoms with Gasteiger partial charge in [-0.1, -0.05) is 54.8 Å². The van der Waals surface area contributed by atoms with Gasteiger partial charge in [0, 0.05) is 0 Å². The van der Waals surface area contributed by atoms with E-state index in [9.17, 15) is 0 Å². The van der Waals surface area contributed by atoms with Crippen molar-refractivity contribution in [3.05, 3.63) is 41.7 Å². The van der Waals surface area contributed by atoms with Crippen molar-refractivity contribution in [2.24, 2.45) is 0 Å². The predicted molar refractivity (Wildman–Crippen MR) is 69.0 cm³/mol. The maximum atomic E-state index is 5.58. The fourth-order valence-corrected chi connectivity index (χ4v) is 2.98. The molecule has 0 spiro atoms. The van der Waals surface area contributed by atoms with Crippen LogP contribution in [-0.4, -0.2) is 10.1 Å². The van der Waals surface area contributed by atoms with E-state index in [2.05, 4.69) is 34.4 Å². The third-order valence-electron chi connectivity index (χ3n) is 3.90. The van der Waals surface area contributed by atoms with Gasteiger partial charge >= 0.3 is 6.01 Å². The van der Waals surface area contributed by atoms with Gasteiger partial charge in [-0.05, 0) is 18.4 Å².